The van der Waals surface area contributed by atoms with Crippen LogP contribution in [0.1, 0.15) is 16.3 Å². The van der Waals surface area contributed by atoms with E-state index in [1.54, 1.807) is 24.7 Å². The van der Waals surface area contributed by atoms with Gasteiger partial charge in [-0.3, -0.25) is 4.99 Å². The van der Waals surface area contributed by atoms with Crippen molar-refractivity contribution in [1.29, 1.82) is 0 Å². The van der Waals surface area contributed by atoms with Gasteiger partial charge in [0.05, 0.1) is 13.1 Å². The lowest BCUT2D eigenvalue weighted by atomic mass is 10.3. The Bertz CT molecular complexity index is 510. The minimum absolute atomic E-state index is 0.597. The molecule has 0 aliphatic carbocycles. The monoisotopic (exact) mass is 278 g/mol. The van der Waals surface area contributed by atoms with Crippen molar-refractivity contribution in [3.63, 3.8) is 0 Å². The molecule has 0 spiro atoms. The second-order valence-electron chi connectivity index (χ2n) is 4.16. The van der Waals surface area contributed by atoms with Crippen molar-refractivity contribution in [3.05, 3.63) is 34.0 Å². The topological polar surface area (TPSA) is 67.1 Å². The van der Waals surface area contributed by atoms with Gasteiger partial charge in [-0.2, -0.15) is 0 Å². The largest absolute Gasteiger partial charge is 0.352 e. The Morgan fingerprint density at radius 1 is 1.42 bits per heavy atom. The van der Waals surface area contributed by atoms with E-state index in [1.807, 2.05) is 11.6 Å². The lowest BCUT2D eigenvalue weighted by molar-refractivity contribution is 0.726. The zero-order chi connectivity index (χ0) is 13.7. The summed E-state index contributed by atoms with van der Waals surface area (Å²) in [6.45, 7) is 3.49. The van der Waals surface area contributed by atoms with Crippen LogP contribution in [0.5, 0.6) is 0 Å². The maximum atomic E-state index is 4.19. The van der Waals surface area contributed by atoms with E-state index in [9.17, 15) is 0 Å². The van der Waals surface area contributed by atoms with Gasteiger partial charge in [-0.25, -0.2) is 0 Å². The van der Waals surface area contributed by atoms with Crippen molar-refractivity contribution in [1.82, 2.24) is 25.4 Å². The highest BCUT2D eigenvalue weighted by atomic mass is 32.1. The molecular formula is C12H18N6S. The Labute approximate surface area is 116 Å². The second kappa shape index (κ2) is 6.33. The maximum absolute atomic E-state index is 4.19. The molecule has 6 nitrogen and oxygen atoms in total. The Morgan fingerprint density at radius 2 is 2.21 bits per heavy atom. The molecular weight excluding hydrogens is 260 g/mol. The molecule has 2 aromatic rings. The van der Waals surface area contributed by atoms with Crippen molar-refractivity contribution in [3.8, 4) is 0 Å². The zero-order valence-corrected chi connectivity index (χ0v) is 12.2. The number of hydrogen-bond donors (Lipinski definition) is 2. The standard InChI is InChI=1S/C12H18N6S/c1-9-4-5-19-10(9)6-14-12(13-2)15-7-11-17-16-8-18(11)3/h4-5,8H,6-7H2,1-3H3,(H2,13,14,15). The van der Waals surface area contributed by atoms with E-state index in [0.717, 1.165) is 18.3 Å². The van der Waals surface area contributed by atoms with E-state index in [2.05, 4.69) is 44.2 Å². The molecule has 0 aromatic carbocycles. The molecule has 0 atom stereocenters. The van der Waals surface area contributed by atoms with Gasteiger partial charge in [0.25, 0.3) is 0 Å². The third-order valence-corrected chi connectivity index (χ3v) is 3.85. The van der Waals surface area contributed by atoms with Crippen LogP contribution in [0.3, 0.4) is 0 Å². The number of thiophene rings is 1. The normalized spacial score (nSPS) is 11.6. The molecule has 0 aliphatic heterocycles. The third-order valence-electron chi connectivity index (χ3n) is 2.83. The highest BCUT2D eigenvalue weighted by molar-refractivity contribution is 7.10. The molecule has 0 fully saturated rings. The fourth-order valence-electron chi connectivity index (χ4n) is 1.60. The van der Waals surface area contributed by atoms with E-state index in [4.69, 9.17) is 0 Å². The molecule has 0 radical (unpaired) electrons. The number of guanidine groups is 1. The molecule has 2 rings (SSSR count). The molecule has 2 heterocycles. The lowest BCUT2D eigenvalue weighted by Gasteiger charge is -2.11. The molecule has 2 aromatic heterocycles. The average Bonchev–Trinajstić information content (AvgIpc) is 2.99. The van der Waals surface area contributed by atoms with Crippen molar-refractivity contribution >= 4 is 17.3 Å². The van der Waals surface area contributed by atoms with Crippen LogP contribution in [0.2, 0.25) is 0 Å². The van der Waals surface area contributed by atoms with Crippen LogP contribution in [0.25, 0.3) is 0 Å². The summed E-state index contributed by atoms with van der Waals surface area (Å²) in [5, 5.41) is 16.5. The molecule has 19 heavy (non-hydrogen) atoms. The van der Waals surface area contributed by atoms with Gasteiger partial charge in [0.2, 0.25) is 0 Å². The van der Waals surface area contributed by atoms with Gasteiger partial charge in [0, 0.05) is 19.0 Å². The summed E-state index contributed by atoms with van der Waals surface area (Å²) in [6, 6.07) is 2.12. The van der Waals surface area contributed by atoms with Gasteiger partial charge in [-0.05, 0) is 23.9 Å². The van der Waals surface area contributed by atoms with Crippen molar-refractivity contribution in [2.24, 2.45) is 12.0 Å². The van der Waals surface area contributed by atoms with Gasteiger partial charge in [0.1, 0.15) is 6.33 Å². The molecule has 7 heteroatoms. The summed E-state index contributed by atoms with van der Waals surface area (Å²) in [4.78, 5) is 5.51. The van der Waals surface area contributed by atoms with Crippen molar-refractivity contribution in [2.75, 3.05) is 7.05 Å². The SMILES string of the molecule is CN=C(NCc1sccc1C)NCc1nncn1C. The molecule has 0 aliphatic rings. The summed E-state index contributed by atoms with van der Waals surface area (Å²) in [6.07, 6.45) is 1.68. The third kappa shape index (κ3) is 3.54. The summed E-state index contributed by atoms with van der Waals surface area (Å²) in [5.41, 5.74) is 1.31. The Kier molecular flexibility index (Phi) is 4.51. The highest BCUT2D eigenvalue weighted by Gasteiger charge is 2.04. The highest BCUT2D eigenvalue weighted by Crippen LogP contribution is 2.14. The van der Waals surface area contributed by atoms with E-state index in [-0.39, 0.29) is 0 Å². The number of nitrogens with zero attached hydrogens (tertiary/aromatic N) is 4. The van der Waals surface area contributed by atoms with Crippen LogP contribution in [0.15, 0.2) is 22.8 Å². The number of rotatable bonds is 4. The lowest BCUT2D eigenvalue weighted by Crippen LogP contribution is -2.36. The quantitative estimate of drug-likeness (QED) is 0.648. The van der Waals surface area contributed by atoms with Gasteiger partial charge in [0.15, 0.2) is 11.8 Å². The van der Waals surface area contributed by atoms with Crippen molar-refractivity contribution < 1.29 is 0 Å². The number of hydrogen-bond acceptors (Lipinski definition) is 4. The smallest absolute Gasteiger partial charge is 0.191 e. The molecule has 0 unspecified atom stereocenters. The Morgan fingerprint density at radius 3 is 2.79 bits per heavy atom. The van der Waals surface area contributed by atoms with Crippen LogP contribution in [0, 0.1) is 6.92 Å². The van der Waals surface area contributed by atoms with E-state index < -0.39 is 0 Å². The molecule has 0 saturated carbocycles. The van der Waals surface area contributed by atoms with Gasteiger partial charge >= 0.3 is 0 Å². The minimum Gasteiger partial charge on any atom is -0.352 e. The molecule has 2 N–H and O–H groups in total. The van der Waals surface area contributed by atoms with Gasteiger partial charge in [-0.1, -0.05) is 0 Å². The predicted octanol–water partition coefficient (Wildman–Crippen LogP) is 1.05. The first kappa shape index (κ1) is 13.5. The van der Waals surface area contributed by atoms with Crippen LogP contribution in [-0.2, 0) is 20.1 Å². The zero-order valence-electron chi connectivity index (χ0n) is 11.3. The first-order valence-electron chi connectivity index (χ1n) is 6.01. The van der Waals surface area contributed by atoms with Crippen LogP contribution in [-0.4, -0.2) is 27.8 Å². The number of aryl methyl sites for hydroxylation is 2. The molecule has 0 amide bonds. The molecule has 102 valence electrons. The molecule has 0 saturated heterocycles. The van der Waals surface area contributed by atoms with Gasteiger partial charge < -0.3 is 15.2 Å². The number of aliphatic imine (C=N–C) groups is 1. The van der Waals surface area contributed by atoms with E-state index in [1.165, 1.54) is 10.4 Å². The van der Waals surface area contributed by atoms with Crippen molar-refractivity contribution in [2.45, 2.75) is 20.0 Å². The average molecular weight is 278 g/mol. The minimum atomic E-state index is 0.597. The van der Waals surface area contributed by atoms with E-state index in [0.29, 0.717) is 6.54 Å². The first-order valence-corrected chi connectivity index (χ1v) is 6.89. The number of nitrogens with one attached hydrogen (secondary N) is 2. The fraction of sp³-hybridized carbons (Fsp3) is 0.417. The second-order valence-corrected chi connectivity index (χ2v) is 5.16. The summed E-state index contributed by atoms with van der Waals surface area (Å²) in [5.74, 6) is 1.63. The van der Waals surface area contributed by atoms with E-state index >= 15 is 0 Å². The summed E-state index contributed by atoms with van der Waals surface area (Å²) >= 11 is 1.75. The predicted molar refractivity (Wildman–Crippen MR) is 77.1 cm³/mol. The summed E-state index contributed by atoms with van der Waals surface area (Å²) < 4.78 is 1.88. The number of aromatic nitrogens is 3. The Balaban J connectivity index is 1.84. The van der Waals surface area contributed by atoms with Gasteiger partial charge in [-0.15, -0.1) is 21.5 Å². The maximum Gasteiger partial charge on any atom is 0.191 e. The fourth-order valence-corrected chi connectivity index (χ4v) is 2.45. The Hall–Kier alpha value is -1.89. The first-order chi connectivity index (χ1) is 9.20. The van der Waals surface area contributed by atoms with Crippen LogP contribution >= 0.6 is 11.3 Å². The van der Waals surface area contributed by atoms with Crippen LogP contribution < -0.4 is 10.6 Å². The van der Waals surface area contributed by atoms with Crippen LogP contribution in [0.4, 0.5) is 0 Å². The molecule has 0 bridgehead atoms. The summed E-state index contributed by atoms with van der Waals surface area (Å²) in [7, 11) is 3.68.